The maximum atomic E-state index is 12.4. The van der Waals surface area contributed by atoms with Gasteiger partial charge in [0.15, 0.2) is 6.10 Å². The molecule has 3 heterocycles. The van der Waals surface area contributed by atoms with Gasteiger partial charge in [-0.25, -0.2) is 4.79 Å². The number of rotatable bonds is 7. The van der Waals surface area contributed by atoms with Crippen LogP contribution in [0.4, 0.5) is 0 Å². The summed E-state index contributed by atoms with van der Waals surface area (Å²) in [4.78, 5) is 13.7. The normalized spacial score (nSPS) is 14.6. The summed E-state index contributed by atoms with van der Waals surface area (Å²) in [6.45, 7) is 8.50. The van der Waals surface area contributed by atoms with Crippen LogP contribution in [-0.4, -0.2) is 33.1 Å². The van der Waals surface area contributed by atoms with Gasteiger partial charge in [0.1, 0.15) is 11.4 Å². The largest absolute Gasteiger partial charge is 0.493 e. The Labute approximate surface area is 199 Å². The molecule has 0 radical (unpaired) electrons. The van der Waals surface area contributed by atoms with Crippen molar-refractivity contribution in [1.82, 2.24) is 9.78 Å². The van der Waals surface area contributed by atoms with Crippen LogP contribution in [0.25, 0.3) is 22.4 Å². The summed E-state index contributed by atoms with van der Waals surface area (Å²) < 4.78 is 13.5. The molecule has 1 aliphatic rings. The second kappa shape index (κ2) is 9.31. The van der Waals surface area contributed by atoms with Crippen LogP contribution in [0, 0.1) is 0 Å². The number of aliphatic carboxylic acids is 1. The van der Waals surface area contributed by atoms with Crippen molar-refractivity contribution in [3.63, 3.8) is 0 Å². The Morgan fingerprint density at radius 2 is 2.09 bits per heavy atom. The van der Waals surface area contributed by atoms with Crippen molar-refractivity contribution in [3.8, 4) is 28.1 Å². The monoisotopic (exact) mass is 468 g/mol. The van der Waals surface area contributed by atoms with Gasteiger partial charge < -0.3 is 14.6 Å². The Bertz CT molecular complexity index is 1160. The number of carboxylic acids is 1. The summed E-state index contributed by atoms with van der Waals surface area (Å²) in [6, 6.07) is 8.28. The van der Waals surface area contributed by atoms with E-state index in [1.54, 1.807) is 23.1 Å². The van der Waals surface area contributed by atoms with E-state index in [1.165, 1.54) is 4.88 Å². The SMILES string of the molecule is CCCc1cc(-c2nn(C)c(C(OC(C)(C)C)C(=O)O)c2-c2ccc3c(c2)CCCO3)cs1. The molecule has 1 unspecified atom stereocenters. The minimum atomic E-state index is -1.15. The number of fused-ring (bicyclic) bond motifs is 1. The molecule has 1 aromatic carbocycles. The molecule has 176 valence electrons. The van der Waals surface area contributed by atoms with Crippen LogP contribution in [0.3, 0.4) is 0 Å². The highest BCUT2D eigenvalue weighted by Crippen LogP contribution is 2.42. The number of hydrogen-bond acceptors (Lipinski definition) is 5. The van der Waals surface area contributed by atoms with Gasteiger partial charge in [0.2, 0.25) is 0 Å². The van der Waals surface area contributed by atoms with Crippen molar-refractivity contribution in [3.05, 3.63) is 45.8 Å². The number of thiophene rings is 1. The van der Waals surface area contributed by atoms with E-state index in [9.17, 15) is 9.90 Å². The predicted molar refractivity (Wildman–Crippen MR) is 131 cm³/mol. The van der Waals surface area contributed by atoms with Crippen molar-refractivity contribution < 1.29 is 19.4 Å². The van der Waals surface area contributed by atoms with Gasteiger partial charge in [-0.2, -0.15) is 5.10 Å². The molecule has 0 bridgehead atoms. The maximum absolute atomic E-state index is 12.4. The molecule has 3 aromatic rings. The Balaban J connectivity index is 1.93. The van der Waals surface area contributed by atoms with E-state index in [4.69, 9.17) is 14.6 Å². The second-order valence-corrected chi connectivity index (χ2v) is 10.5. The molecule has 1 atom stereocenters. The molecule has 0 spiro atoms. The lowest BCUT2D eigenvalue weighted by molar-refractivity contribution is -0.161. The molecule has 7 heteroatoms. The highest BCUT2D eigenvalue weighted by atomic mass is 32.1. The number of aromatic nitrogens is 2. The molecule has 2 aromatic heterocycles. The fourth-order valence-corrected chi connectivity index (χ4v) is 5.27. The Morgan fingerprint density at radius 3 is 2.79 bits per heavy atom. The number of ether oxygens (including phenoxy) is 2. The third kappa shape index (κ3) is 4.99. The minimum absolute atomic E-state index is 0.548. The van der Waals surface area contributed by atoms with E-state index < -0.39 is 17.7 Å². The lowest BCUT2D eigenvalue weighted by atomic mass is 9.94. The van der Waals surface area contributed by atoms with E-state index in [2.05, 4.69) is 24.4 Å². The highest BCUT2D eigenvalue weighted by molar-refractivity contribution is 7.10. The van der Waals surface area contributed by atoms with E-state index in [1.807, 2.05) is 32.9 Å². The van der Waals surface area contributed by atoms with Crippen LogP contribution in [0.1, 0.15) is 62.8 Å². The molecule has 4 rings (SSSR count). The number of nitrogens with zero attached hydrogens (tertiary/aromatic N) is 2. The Kier molecular flexibility index (Phi) is 6.64. The number of carboxylic acid groups (broad SMARTS) is 1. The summed E-state index contributed by atoms with van der Waals surface area (Å²) in [5, 5.41) is 17.1. The van der Waals surface area contributed by atoms with Crippen molar-refractivity contribution in [2.75, 3.05) is 6.61 Å². The number of carbonyl (C=O) groups is 1. The molecule has 6 nitrogen and oxygen atoms in total. The molecule has 0 amide bonds. The first kappa shape index (κ1) is 23.5. The fraction of sp³-hybridized carbons (Fsp3) is 0.462. The maximum Gasteiger partial charge on any atom is 0.339 e. The number of hydrogen-bond donors (Lipinski definition) is 1. The van der Waals surface area contributed by atoms with Crippen LogP contribution in [0.2, 0.25) is 0 Å². The summed E-state index contributed by atoms with van der Waals surface area (Å²) in [5.41, 5.74) is 4.59. The second-order valence-electron chi connectivity index (χ2n) is 9.51. The molecule has 0 saturated heterocycles. The molecule has 1 aliphatic heterocycles. The van der Waals surface area contributed by atoms with Crippen molar-refractivity contribution >= 4 is 17.3 Å². The Morgan fingerprint density at radius 1 is 1.30 bits per heavy atom. The molecule has 0 saturated carbocycles. The van der Waals surface area contributed by atoms with E-state index >= 15 is 0 Å². The lowest BCUT2D eigenvalue weighted by Crippen LogP contribution is -2.29. The third-order valence-corrected chi connectivity index (χ3v) is 6.65. The minimum Gasteiger partial charge on any atom is -0.493 e. The quantitative estimate of drug-likeness (QED) is 0.458. The third-order valence-electron chi connectivity index (χ3n) is 5.66. The van der Waals surface area contributed by atoms with Crippen LogP contribution >= 0.6 is 11.3 Å². The zero-order chi connectivity index (χ0) is 23.8. The molecular formula is C26H32N2O4S. The van der Waals surface area contributed by atoms with Gasteiger partial charge in [0, 0.05) is 28.4 Å². The van der Waals surface area contributed by atoms with Crippen molar-refractivity contribution in [1.29, 1.82) is 0 Å². The molecule has 1 N–H and O–H groups in total. The van der Waals surface area contributed by atoms with Gasteiger partial charge in [-0.1, -0.05) is 19.4 Å². The lowest BCUT2D eigenvalue weighted by Gasteiger charge is -2.26. The zero-order valence-corrected chi connectivity index (χ0v) is 20.8. The first-order valence-corrected chi connectivity index (χ1v) is 12.4. The number of benzene rings is 1. The van der Waals surface area contributed by atoms with Crippen LogP contribution < -0.4 is 4.74 Å². The summed E-state index contributed by atoms with van der Waals surface area (Å²) in [5.74, 6) is -0.127. The summed E-state index contributed by atoms with van der Waals surface area (Å²) >= 11 is 1.72. The predicted octanol–water partition coefficient (Wildman–Crippen LogP) is 6.03. The van der Waals surface area contributed by atoms with E-state index in [0.29, 0.717) is 5.69 Å². The first-order valence-electron chi connectivity index (χ1n) is 11.5. The van der Waals surface area contributed by atoms with Gasteiger partial charge in [0.25, 0.3) is 0 Å². The average Bonchev–Trinajstić information content (AvgIpc) is 3.35. The van der Waals surface area contributed by atoms with Gasteiger partial charge in [-0.3, -0.25) is 4.68 Å². The van der Waals surface area contributed by atoms with Crippen LogP contribution in [0.5, 0.6) is 5.75 Å². The zero-order valence-electron chi connectivity index (χ0n) is 20.0. The van der Waals surface area contributed by atoms with Gasteiger partial charge in [0.05, 0.1) is 17.9 Å². The van der Waals surface area contributed by atoms with Gasteiger partial charge in [-0.15, -0.1) is 11.3 Å². The molecule has 0 aliphatic carbocycles. The first-order chi connectivity index (χ1) is 15.7. The number of aryl methyl sites for hydroxylation is 3. The standard InChI is InChI=1S/C26H32N2O4S/c1-6-8-19-14-18(15-33-19)22-21(17-10-11-20-16(13-17)9-7-12-31-20)23(28(5)27-22)24(25(29)30)32-26(2,3)4/h10-11,13-15,24H,6-9,12H2,1-5H3,(H,29,30). The van der Waals surface area contributed by atoms with Crippen LogP contribution in [0.15, 0.2) is 29.6 Å². The average molecular weight is 469 g/mol. The Hall–Kier alpha value is -2.64. The van der Waals surface area contributed by atoms with E-state index in [0.717, 1.165) is 66.0 Å². The molecule has 0 fully saturated rings. The summed E-state index contributed by atoms with van der Waals surface area (Å²) in [6.07, 6.45) is 2.85. The highest BCUT2D eigenvalue weighted by Gasteiger charge is 2.34. The van der Waals surface area contributed by atoms with E-state index in [-0.39, 0.29) is 0 Å². The molecule has 33 heavy (non-hydrogen) atoms. The van der Waals surface area contributed by atoms with Crippen molar-refractivity contribution in [2.45, 2.75) is 65.1 Å². The summed E-state index contributed by atoms with van der Waals surface area (Å²) in [7, 11) is 1.80. The molecular weight excluding hydrogens is 436 g/mol. The fourth-order valence-electron chi connectivity index (χ4n) is 4.30. The van der Waals surface area contributed by atoms with Crippen molar-refractivity contribution in [2.24, 2.45) is 7.05 Å². The smallest absolute Gasteiger partial charge is 0.339 e. The van der Waals surface area contributed by atoms with Gasteiger partial charge in [-0.05, 0) is 69.4 Å². The topological polar surface area (TPSA) is 73.6 Å². The van der Waals surface area contributed by atoms with Crippen LogP contribution in [-0.2, 0) is 29.4 Å². The van der Waals surface area contributed by atoms with Gasteiger partial charge >= 0.3 is 5.97 Å².